The number of methoxy groups -OCH3 is 2. The van der Waals surface area contributed by atoms with Gasteiger partial charge in [0.15, 0.2) is 11.5 Å². The Morgan fingerprint density at radius 3 is 2.82 bits per heavy atom. The highest BCUT2D eigenvalue weighted by Crippen LogP contribution is 2.76. The lowest BCUT2D eigenvalue weighted by atomic mass is 9.34. The Morgan fingerprint density at radius 2 is 2.11 bits per heavy atom. The summed E-state index contributed by atoms with van der Waals surface area (Å²) in [6, 6.07) is 3.81. The third-order valence-corrected chi connectivity index (χ3v) is 8.94. The van der Waals surface area contributed by atoms with Gasteiger partial charge >= 0.3 is 0 Å². The fourth-order valence-electron chi connectivity index (χ4n) is 8.01. The highest BCUT2D eigenvalue weighted by molar-refractivity contribution is 5.81. The van der Waals surface area contributed by atoms with Crippen molar-refractivity contribution < 1.29 is 24.1 Å². The zero-order valence-corrected chi connectivity index (χ0v) is 16.6. The van der Waals surface area contributed by atoms with E-state index in [1.165, 1.54) is 0 Å². The number of ketones is 1. The maximum Gasteiger partial charge on any atom is 0.166 e. The van der Waals surface area contributed by atoms with Crippen molar-refractivity contribution >= 4 is 5.78 Å². The van der Waals surface area contributed by atoms with Gasteiger partial charge in [0.25, 0.3) is 0 Å². The largest absolute Gasteiger partial charge is 0.493 e. The second-order valence-electron chi connectivity index (χ2n) is 9.34. The molecule has 4 aliphatic carbocycles. The van der Waals surface area contributed by atoms with Crippen LogP contribution in [0.1, 0.15) is 49.8 Å². The number of carbonyl (C=O) groups is 1. The molecule has 6 nitrogen and oxygen atoms in total. The van der Waals surface area contributed by atoms with Gasteiger partial charge in [-0.1, -0.05) is 6.07 Å². The fraction of sp³-hybridized carbons (Fsp3) is 0.682. The summed E-state index contributed by atoms with van der Waals surface area (Å²) in [5.41, 5.74) is 0.974. The first-order chi connectivity index (χ1) is 13.5. The molecule has 2 heterocycles. The van der Waals surface area contributed by atoms with Crippen molar-refractivity contribution in [1.82, 2.24) is 5.32 Å². The molecule has 0 aromatic heterocycles. The third-order valence-electron chi connectivity index (χ3n) is 8.94. The lowest BCUT2D eigenvalue weighted by molar-refractivity contribution is -0.266. The van der Waals surface area contributed by atoms with Crippen LogP contribution in [0.15, 0.2) is 12.1 Å². The molecule has 1 aromatic rings. The highest BCUT2D eigenvalue weighted by Gasteiger charge is 2.81. The van der Waals surface area contributed by atoms with Crippen LogP contribution in [0.5, 0.6) is 11.5 Å². The van der Waals surface area contributed by atoms with Crippen molar-refractivity contribution in [2.24, 2.45) is 11.3 Å². The summed E-state index contributed by atoms with van der Waals surface area (Å²) in [5, 5.41) is 15.0. The minimum absolute atomic E-state index is 0.0730. The summed E-state index contributed by atoms with van der Waals surface area (Å²) in [4.78, 5) is 12.8. The van der Waals surface area contributed by atoms with Crippen molar-refractivity contribution in [2.75, 3.05) is 20.8 Å². The lowest BCUT2D eigenvalue weighted by Crippen LogP contribution is -2.81. The zero-order valence-electron chi connectivity index (χ0n) is 16.6. The van der Waals surface area contributed by atoms with Crippen molar-refractivity contribution in [1.29, 1.82) is 0 Å². The van der Waals surface area contributed by atoms with Crippen molar-refractivity contribution in [3.63, 3.8) is 0 Å². The number of ether oxygens (including phenoxy) is 3. The van der Waals surface area contributed by atoms with E-state index < -0.39 is 11.7 Å². The van der Waals surface area contributed by atoms with Crippen LogP contribution in [0.4, 0.5) is 0 Å². The van der Waals surface area contributed by atoms with Crippen LogP contribution in [-0.4, -0.2) is 49.4 Å². The second kappa shape index (κ2) is 5.10. The average Bonchev–Trinajstić information content (AvgIpc) is 3.07. The van der Waals surface area contributed by atoms with Gasteiger partial charge in [0.05, 0.1) is 19.1 Å². The van der Waals surface area contributed by atoms with Gasteiger partial charge in [-0.05, 0) is 50.8 Å². The first kappa shape index (κ1) is 17.2. The number of benzene rings is 1. The Kier molecular flexibility index (Phi) is 3.14. The molecule has 2 aliphatic heterocycles. The highest BCUT2D eigenvalue weighted by atomic mass is 16.6. The SMILES string of the molecule is COc1ccc2c3c1O[C@H]1[C@@]4(OC)CC[C@@]5(C[C@@H]4C(C)=O)[C@H](NCC[C@]315)C2O. The van der Waals surface area contributed by atoms with Crippen molar-refractivity contribution in [2.45, 2.75) is 61.9 Å². The molecule has 4 fully saturated rings. The number of aliphatic hydroxyl groups excluding tert-OH is 1. The Hall–Kier alpha value is -1.63. The Bertz CT molecular complexity index is 901. The Labute approximate surface area is 164 Å². The van der Waals surface area contributed by atoms with E-state index in [0.717, 1.165) is 49.1 Å². The van der Waals surface area contributed by atoms with E-state index >= 15 is 0 Å². The predicted molar refractivity (Wildman–Crippen MR) is 101 cm³/mol. The maximum atomic E-state index is 12.8. The van der Waals surface area contributed by atoms with Gasteiger partial charge in [0.1, 0.15) is 17.5 Å². The summed E-state index contributed by atoms with van der Waals surface area (Å²) in [5.74, 6) is 1.38. The van der Waals surface area contributed by atoms with E-state index in [4.69, 9.17) is 14.2 Å². The molecule has 1 unspecified atom stereocenters. The van der Waals surface area contributed by atoms with E-state index in [0.29, 0.717) is 5.75 Å². The number of rotatable bonds is 3. The molecule has 0 radical (unpaired) electrons. The van der Waals surface area contributed by atoms with Gasteiger partial charge in [-0.2, -0.15) is 0 Å². The average molecular weight is 385 g/mol. The van der Waals surface area contributed by atoms with Crippen molar-refractivity contribution in [3.8, 4) is 11.5 Å². The van der Waals surface area contributed by atoms with Crippen LogP contribution in [0, 0.1) is 11.3 Å². The standard InChI is InChI=1S/C22H27NO5/c1-11(24)13-10-20-6-7-22(13,27-3)19-21(20)8-9-23-18(20)16(25)12-4-5-14(26-2)17(28-19)15(12)21/h4-5,13,16,18-19,23,25H,6-10H2,1-3H3/t13-,16?,18-,19-,20-,21+,22-/m1/s1. The second-order valence-corrected chi connectivity index (χ2v) is 9.34. The molecule has 6 heteroatoms. The first-order valence-corrected chi connectivity index (χ1v) is 10.3. The summed E-state index contributed by atoms with van der Waals surface area (Å²) in [7, 11) is 3.38. The van der Waals surface area contributed by atoms with Crippen LogP contribution in [0.25, 0.3) is 0 Å². The quantitative estimate of drug-likeness (QED) is 0.827. The van der Waals surface area contributed by atoms with E-state index in [-0.39, 0.29) is 34.7 Å². The smallest absolute Gasteiger partial charge is 0.166 e. The van der Waals surface area contributed by atoms with Gasteiger partial charge in [0.2, 0.25) is 0 Å². The molecule has 3 saturated carbocycles. The lowest BCUT2D eigenvalue weighted by Gasteiger charge is -2.72. The zero-order chi connectivity index (χ0) is 19.5. The molecule has 7 rings (SSSR count). The van der Waals surface area contributed by atoms with Crippen LogP contribution in [-0.2, 0) is 14.9 Å². The van der Waals surface area contributed by atoms with Crippen LogP contribution >= 0.6 is 0 Å². The Balaban J connectivity index is 1.71. The number of aliphatic hydroxyl groups is 1. The summed E-state index contributed by atoms with van der Waals surface area (Å²) in [6.07, 6.45) is 2.51. The minimum Gasteiger partial charge on any atom is -0.493 e. The number of fused-ring (bicyclic) bond motifs is 2. The summed E-state index contributed by atoms with van der Waals surface area (Å²) < 4.78 is 18.6. The summed E-state index contributed by atoms with van der Waals surface area (Å²) in [6.45, 7) is 2.50. The summed E-state index contributed by atoms with van der Waals surface area (Å²) >= 11 is 0. The molecule has 2 N–H and O–H groups in total. The number of piperidine rings is 1. The molecule has 4 bridgehead atoms. The number of carbonyl (C=O) groups excluding carboxylic acids is 1. The van der Waals surface area contributed by atoms with E-state index in [2.05, 4.69) is 5.32 Å². The van der Waals surface area contributed by atoms with E-state index in [1.54, 1.807) is 21.1 Å². The topological polar surface area (TPSA) is 77.0 Å². The molecule has 150 valence electrons. The molecule has 1 saturated heterocycles. The minimum atomic E-state index is -0.626. The molecular weight excluding hydrogens is 358 g/mol. The van der Waals surface area contributed by atoms with Crippen LogP contribution < -0.4 is 14.8 Å². The van der Waals surface area contributed by atoms with Gasteiger partial charge in [-0.15, -0.1) is 0 Å². The van der Waals surface area contributed by atoms with E-state index in [1.807, 2.05) is 12.1 Å². The van der Waals surface area contributed by atoms with E-state index in [9.17, 15) is 9.90 Å². The fourth-order valence-corrected chi connectivity index (χ4v) is 8.01. The molecule has 7 atom stereocenters. The molecule has 6 aliphatic rings. The molecule has 1 aromatic carbocycles. The molecule has 2 spiro atoms. The van der Waals surface area contributed by atoms with Gasteiger partial charge < -0.3 is 24.6 Å². The van der Waals surface area contributed by atoms with Gasteiger partial charge in [-0.3, -0.25) is 4.79 Å². The monoisotopic (exact) mass is 385 g/mol. The van der Waals surface area contributed by atoms with Crippen LogP contribution in [0.2, 0.25) is 0 Å². The van der Waals surface area contributed by atoms with Crippen molar-refractivity contribution in [3.05, 3.63) is 23.3 Å². The van der Waals surface area contributed by atoms with Gasteiger partial charge in [0, 0.05) is 29.5 Å². The number of hydrogen-bond donors (Lipinski definition) is 2. The number of hydrogen-bond acceptors (Lipinski definition) is 6. The Morgan fingerprint density at radius 1 is 1.29 bits per heavy atom. The van der Waals surface area contributed by atoms with Gasteiger partial charge in [-0.25, -0.2) is 0 Å². The molecular formula is C22H27NO5. The molecule has 28 heavy (non-hydrogen) atoms. The first-order valence-electron chi connectivity index (χ1n) is 10.3. The number of Topliss-reactive ketones (excluding diaryl/α,β-unsaturated/α-hetero) is 1. The van der Waals surface area contributed by atoms with Crippen LogP contribution in [0.3, 0.4) is 0 Å². The predicted octanol–water partition coefficient (Wildman–Crippen LogP) is 1.88. The number of nitrogens with one attached hydrogen (secondary N) is 1. The maximum absolute atomic E-state index is 12.8. The molecule has 0 amide bonds. The normalized spacial score (nSPS) is 46.7. The third kappa shape index (κ3) is 1.49.